The number of aromatic nitrogens is 1. The number of carbonyl (C=O) groups excluding carboxylic acids is 2. The molecule has 0 saturated carbocycles. The van der Waals surface area contributed by atoms with Gasteiger partial charge < -0.3 is 21.7 Å². The van der Waals surface area contributed by atoms with Gasteiger partial charge >= 0.3 is 0 Å². The standard InChI is InChI=1S/C25H29N5O2.CH4O3S/c26-14-18-12-23(27-15-18)25(32)30-22(11-10-17-6-2-1-3-7-17)24(31)29-20-13-19-8-4-5-9-21(19)28-16-20;1-5(2,3)4/h1-9,13,16,18,22-23,27H,10-12,14-15,26H2,(H,29,31)(H,30,32);1H3,(H,2,3,4)/t18-,22+,23-;/m0./s1. The third-order valence-electron chi connectivity index (χ3n) is 5.93. The van der Waals surface area contributed by atoms with Crippen LogP contribution in [-0.4, -0.2) is 61.2 Å². The molecule has 1 saturated heterocycles. The summed E-state index contributed by atoms with van der Waals surface area (Å²) in [5.74, 6) is -0.128. The minimum atomic E-state index is -3.67. The van der Waals surface area contributed by atoms with Gasteiger partial charge in [0.2, 0.25) is 11.8 Å². The first-order valence-corrected chi connectivity index (χ1v) is 13.8. The fraction of sp³-hybridized carbons (Fsp3) is 0.346. The zero-order valence-corrected chi connectivity index (χ0v) is 21.4. The third kappa shape index (κ3) is 9.54. The molecule has 3 atom stereocenters. The quantitative estimate of drug-likeness (QED) is 0.277. The molecule has 0 spiro atoms. The highest BCUT2D eigenvalue weighted by Gasteiger charge is 2.31. The average Bonchev–Trinajstić information content (AvgIpc) is 3.35. The summed E-state index contributed by atoms with van der Waals surface area (Å²) >= 11 is 0. The highest BCUT2D eigenvalue weighted by molar-refractivity contribution is 7.85. The van der Waals surface area contributed by atoms with Crippen LogP contribution in [0.3, 0.4) is 0 Å². The monoisotopic (exact) mass is 527 g/mol. The number of carbonyl (C=O) groups is 2. The van der Waals surface area contributed by atoms with Crippen LogP contribution >= 0.6 is 0 Å². The van der Waals surface area contributed by atoms with E-state index in [0.717, 1.165) is 23.0 Å². The molecule has 2 aromatic carbocycles. The fourth-order valence-corrected chi connectivity index (χ4v) is 4.05. The number of aryl methyl sites for hydroxylation is 1. The summed E-state index contributed by atoms with van der Waals surface area (Å²) in [6, 6.07) is 18.6. The third-order valence-corrected chi connectivity index (χ3v) is 5.93. The van der Waals surface area contributed by atoms with E-state index in [1.165, 1.54) is 0 Å². The largest absolute Gasteiger partial charge is 0.343 e. The van der Waals surface area contributed by atoms with E-state index in [1.54, 1.807) is 6.20 Å². The highest BCUT2D eigenvalue weighted by Crippen LogP contribution is 2.17. The summed E-state index contributed by atoms with van der Waals surface area (Å²) in [6.07, 6.45) is 4.21. The van der Waals surface area contributed by atoms with Gasteiger partial charge in [-0.15, -0.1) is 0 Å². The van der Waals surface area contributed by atoms with Crippen molar-refractivity contribution < 1.29 is 22.6 Å². The Bertz CT molecular complexity index is 1290. The predicted molar refractivity (Wildman–Crippen MR) is 143 cm³/mol. The van der Waals surface area contributed by atoms with Crippen LogP contribution in [0.25, 0.3) is 10.9 Å². The van der Waals surface area contributed by atoms with Gasteiger partial charge in [0.05, 0.1) is 29.7 Å². The topological polar surface area (TPSA) is 164 Å². The molecule has 1 aliphatic heterocycles. The van der Waals surface area contributed by atoms with Crippen molar-refractivity contribution in [2.24, 2.45) is 11.7 Å². The van der Waals surface area contributed by atoms with E-state index in [0.29, 0.717) is 37.8 Å². The Morgan fingerprint density at radius 1 is 1.16 bits per heavy atom. The van der Waals surface area contributed by atoms with Gasteiger partial charge in [0.15, 0.2) is 0 Å². The number of anilines is 1. The molecule has 198 valence electrons. The number of rotatable bonds is 8. The van der Waals surface area contributed by atoms with Crippen LogP contribution in [0.2, 0.25) is 0 Å². The number of para-hydroxylation sites is 1. The molecule has 10 nitrogen and oxygen atoms in total. The summed E-state index contributed by atoms with van der Waals surface area (Å²) in [6.45, 7) is 1.27. The number of nitrogens with one attached hydrogen (secondary N) is 3. The van der Waals surface area contributed by atoms with Gasteiger partial charge in [-0.05, 0) is 56.0 Å². The van der Waals surface area contributed by atoms with Crippen LogP contribution in [0.5, 0.6) is 0 Å². The molecule has 37 heavy (non-hydrogen) atoms. The Labute approximate surface area is 216 Å². The number of pyridine rings is 1. The number of hydrogen-bond donors (Lipinski definition) is 5. The first-order chi connectivity index (χ1) is 17.6. The van der Waals surface area contributed by atoms with E-state index in [1.807, 2.05) is 60.7 Å². The number of amides is 2. The summed E-state index contributed by atoms with van der Waals surface area (Å²) in [5.41, 5.74) is 8.33. The van der Waals surface area contributed by atoms with Crippen molar-refractivity contribution in [2.45, 2.75) is 31.3 Å². The molecule has 4 rings (SSSR count). The molecule has 0 bridgehead atoms. The molecule has 3 aromatic rings. The number of fused-ring (bicyclic) bond motifs is 1. The summed E-state index contributed by atoms with van der Waals surface area (Å²) in [7, 11) is -3.67. The smallest absolute Gasteiger partial charge is 0.261 e. The first kappa shape index (κ1) is 28.2. The molecule has 2 heterocycles. The second-order valence-corrected chi connectivity index (χ2v) is 10.5. The van der Waals surface area contributed by atoms with Gasteiger partial charge in [0, 0.05) is 5.39 Å². The Kier molecular flexibility index (Phi) is 10.1. The van der Waals surface area contributed by atoms with Crippen molar-refractivity contribution in [3.8, 4) is 0 Å². The predicted octanol–water partition coefficient (Wildman–Crippen LogP) is 1.73. The van der Waals surface area contributed by atoms with Gasteiger partial charge in [0.25, 0.3) is 10.1 Å². The molecule has 0 unspecified atom stereocenters. The summed E-state index contributed by atoms with van der Waals surface area (Å²) < 4.78 is 25.9. The van der Waals surface area contributed by atoms with Gasteiger partial charge in [0.1, 0.15) is 6.04 Å². The normalized spacial score (nSPS) is 17.9. The molecular weight excluding hydrogens is 494 g/mol. The lowest BCUT2D eigenvalue weighted by Crippen LogP contribution is -2.50. The van der Waals surface area contributed by atoms with E-state index in [-0.39, 0.29) is 23.8 Å². The van der Waals surface area contributed by atoms with Crippen LogP contribution in [-0.2, 0) is 26.1 Å². The summed E-state index contributed by atoms with van der Waals surface area (Å²) in [4.78, 5) is 30.4. The van der Waals surface area contributed by atoms with Crippen molar-refractivity contribution in [2.75, 3.05) is 24.7 Å². The van der Waals surface area contributed by atoms with Crippen LogP contribution < -0.4 is 21.7 Å². The van der Waals surface area contributed by atoms with Gasteiger partial charge in [-0.3, -0.25) is 19.1 Å². The minimum absolute atomic E-state index is 0.161. The number of nitrogens with two attached hydrogens (primary N) is 1. The van der Waals surface area contributed by atoms with Crippen molar-refractivity contribution >= 4 is 38.5 Å². The molecule has 0 aliphatic carbocycles. The van der Waals surface area contributed by atoms with Crippen LogP contribution in [0.15, 0.2) is 66.9 Å². The SMILES string of the molecule is CS(=O)(=O)O.NC[C@H]1CN[C@H](C(=O)N[C@H](CCc2ccccc2)C(=O)Nc2cnc3ccccc3c2)C1. The van der Waals surface area contributed by atoms with Crippen LogP contribution in [0, 0.1) is 5.92 Å². The zero-order valence-electron chi connectivity index (χ0n) is 20.6. The van der Waals surface area contributed by atoms with E-state index in [9.17, 15) is 18.0 Å². The van der Waals surface area contributed by atoms with Crippen molar-refractivity contribution in [3.05, 3.63) is 72.4 Å². The molecule has 11 heteroatoms. The van der Waals surface area contributed by atoms with Crippen molar-refractivity contribution in [3.63, 3.8) is 0 Å². The molecular formula is C26H33N5O5S. The van der Waals surface area contributed by atoms with E-state index in [4.69, 9.17) is 10.3 Å². The average molecular weight is 528 g/mol. The lowest BCUT2D eigenvalue weighted by atomic mass is 10.0. The number of nitrogens with zero attached hydrogens (tertiary/aromatic N) is 1. The highest BCUT2D eigenvalue weighted by atomic mass is 32.2. The second kappa shape index (κ2) is 13.2. The van der Waals surface area contributed by atoms with Crippen LogP contribution in [0.4, 0.5) is 5.69 Å². The van der Waals surface area contributed by atoms with Crippen LogP contribution in [0.1, 0.15) is 18.4 Å². The molecule has 2 amide bonds. The molecule has 1 aliphatic rings. The molecule has 6 N–H and O–H groups in total. The van der Waals surface area contributed by atoms with Crippen molar-refractivity contribution in [1.82, 2.24) is 15.6 Å². The Balaban J connectivity index is 0.000000695. The maximum absolute atomic E-state index is 13.1. The molecule has 1 aromatic heterocycles. The zero-order chi connectivity index (χ0) is 26.8. The number of hydrogen-bond acceptors (Lipinski definition) is 7. The maximum Gasteiger partial charge on any atom is 0.261 e. The Hall–Kier alpha value is -3.38. The first-order valence-electron chi connectivity index (χ1n) is 12.0. The lowest BCUT2D eigenvalue weighted by molar-refractivity contribution is -0.127. The number of benzene rings is 2. The van der Waals surface area contributed by atoms with Crippen molar-refractivity contribution in [1.29, 1.82) is 0 Å². The fourth-order valence-electron chi connectivity index (χ4n) is 4.05. The second-order valence-electron chi connectivity index (χ2n) is 9.02. The van der Waals surface area contributed by atoms with Gasteiger partial charge in [-0.1, -0.05) is 48.5 Å². The van der Waals surface area contributed by atoms with E-state index >= 15 is 0 Å². The van der Waals surface area contributed by atoms with Gasteiger partial charge in [-0.25, -0.2) is 0 Å². The molecule has 0 radical (unpaired) electrons. The lowest BCUT2D eigenvalue weighted by Gasteiger charge is -2.21. The Morgan fingerprint density at radius 3 is 2.51 bits per heavy atom. The minimum Gasteiger partial charge on any atom is -0.343 e. The van der Waals surface area contributed by atoms with E-state index < -0.39 is 16.2 Å². The Morgan fingerprint density at radius 2 is 1.84 bits per heavy atom. The summed E-state index contributed by atoms with van der Waals surface area (Å²) in [5, 5.41) is 10.0. The van der Waals surface area contributed by atoms with E-state index in [2.05, 4.69) is 20.9 Å². The van der Waals surface area contributed by atoms with Gasteiger partial charge in [-0.2, -0.15) is 8.42 Å². The molecule has 1 fully saturated rings. The maximum atomic E-state index is 13.1.